The Morgan fingerprint density at radius 3 is 1.48 bits per heavy atom. The largest absolute Gasteiger partial charge is 0.463 e. The molecule has 0 saturated carbocycles. The number of unbranched alkanes of at least 4 members (excludes halogenated alkanes) is 14. The summed E-state index contributed by atoms with van der Waals surface area (Å²) in [6, 6.07) is 0. The summed E-state index contributed by atoms with van der Waals surface area (Å²) in [4.78, 5) is 11.1. The zero-order valence-electron chi connectivity index (χ0n) is 15.8. The molecule has 0 radical (unpaired) electrons. The van der Waals surface area contributed by atoms with Gasteiger partial charge in [0.1, 0.15) is 0 Å². The van der Waals surface area contributed by atoms with Gasteiger partial charge in [0.15, 0.2) is 0 Å². The number of carbonyl (C=O) groups is 1. The highest BCUT2D eigenvalue weighted by Gasteiger charge is 1.96. The van der Waals surface area contributed by atoms with Gasteiger partial charge in [-0.3, -0.25) is 0 Å². The van der Waals surface area contributed by atoms with Crippen molar-refractivity contribution in [1.29, 1.82) is 0 Å². The van der Waals surface area contributed by atoms with Crippen molar-refractivity contribution in [2.75, 3.05) is 6.61 Å². The number of hydrogen-bond donors (Lipinski definition) is 0. The molecule has 0 aliphatic heterocycles. The van der Waals surface area contributed by atoms with Crippen LogP contribution in [0, 0.1) is 0 Å². The predicted molar refractivity (Wildman–Crippen MR) is 101 cm³/mol. The number of esters is 1. The summed E-state index contributed by atoms with van der Waals surface area (Å²) in [5.74, 6) is -0.210. The maximum Gasteiger partial charge on any atom is 0.330 e. The Kier molecular flexibility index (Phi) is 18.6. The Morgan fingerprint density at radius 1 is 0.696 bits per heavy atom. The first-order valence-electron chi connectivity index (χ1n) is 10.1. The van der Waals surface area contributed by atoms with Gasteiger partial charge in [-0.25, -0.2) is 4.79 Å². The molecule has 0 aromatic heterocycles. The molecule has 0 amide bonds. The summed E-state index contributed by atoms with van der Waals surface area (Å²) >= 11 is 0. The molecule has 2 nitrogen and oxygen atoms in total. The van der Waals surface area contributed by atoms with Crippen LogP contribution < -0.4 is 0 Å². The Balaban J connectivity index is 3.04. The molecule has 2 heteroatoms. The summed E-state index contributed by atoms with van der Waals surface area (Å²) < 4.78 is 5.07. The van der Waals surface area contributed by atoms with E-state index in [2.05, 4.69) is 6.92 Å². The molecule has 0 fully saturated rings. The molecular formula is C21H40O2. The second kappa shape index (κ2) is 19.3. The van der Waals surface area contributed by atoms with Crippen LogP contribution in [-0.2, 0) is 9.53 Å². The molecule has 0 unspecified atom stereocenters. The van der Waals surface area contributed by atoms with Gasteiger partial charge in [0, 0.05) is 6.08 Å². The number of ether oxygens (including phenoxy) is 1. The Bertz CT molecular complexity index is 271. The molecule has 23 heavy (non-hydrogen) atoms. The van der Waals surface area contributed by atoms with Crippen LogP contribution in [-0.4, -0.2) is 12.6 Å². The number of allylic oxidation sites excluding steroid dienone is 1. The van der Waals surface area contributed by atoms with E-state index >= 15 is 0 Å². The Labute approximate surface area is 145 Å². The van der Waals surface area contributed by atoms with Gasteiger partial charge in [-0.15, -0.1) is 0 Å². The number of carbonyl (C=O) groups excluding carboxylic acids is 1. The molecule has 0 aliphatic carbocycles. The van der Waals surface area contributed by atoms with E-state index in [0.717, 1.165) is 6.42 Å². The van der Waals surface area contributed by atoms with Crippen LogP contribution in [0.4, 0.5) is 0 Å². The third kappa shape index (κ3) is 19.2. The van der Waals surface area contributed by atoms with E-state index in [1.165, 1.54) is 96.0 Å². The molecular weight excluding hydrogens is 284 g/mol. The summed E-state index contributed by atoms with van der Waals surface area (Å²) in [6.45, 7) is 4.68. The van der Waals surface area contributed by atoms with E-state index in [9.17, 15) is 4.79 Å². The van der Waals surface area contributed by atoms with Crippen molar-refractivity contribution in [3.05, 3.63) is 12.2 Å². The van der Waals surface area contributed by atoms with Crippen LogP contribution in [0.1, 0.15) is 110 Å². The number of rotatable bonds is 17. The average Bonchev–Trinajstić information content (AvgIpc) is 2.54. The normalized spacial score (nSPS) is 11.2. The van der Waals surface area contributed by atoms with Crippen molar-refractivity contribution in [2.24, 2.45) is 0 Å². The first kappa shape index (κ1) is 22.2. The van der Waals surface area contributed by atoms with Crippen LogP contribution in [0.5, 0.6) is 0 Å². The van der Waals surface area contributed by atoms with E-state index < -0.39 is 0 Å². The molecule has 136 valence electrons. The highest BCUT2D eigenvalue weighted by molar-refractivity contribution is 5.81. The minimum atomic E-state index is -0.210. The van der Waals surface area contributed by atoms with Gasteiger partial charge in [0.25, 0.3) is 0 Å². The first-order valence-corrected chi connectivity index (χ1v) is 10.1. The summed E-state index contributed by atoms with van der Waals surface area (Å²) in [6.07, 6.45) is 23.5. The number of hydrogen-bond acceptors (Lipinski definition) is 2. The smallest absolute Gasteiger partial charge is 0.330 e. The molecule has 0 saturated heterocycles. The molecule has 0 N–H and O–H groups in total. The third-order valence-electron chi connectivity index (χ3n) is 4.29. The minimum Gasteiger partial charge on any atom is -0.463 e. The zero-order chi connectivity index (χ0) is 17.0. The molecule has 0 aromatic carbocycles. The maximum absolute atomic E-state index is 11.1. The molecule has 0 bridgehead atoms. The molecule has 0 spiro atoms. The quantitative estimate of drug-likeness (QED) is 0.164. The fourth-order valence-electron chi connectivity index (χ4n) is 2.83. The fourth-order valence-corrected chi connectivity index (χ4v) is 2.83. The summed E-state index contributed by atoms with van der Waals surface area (Å²) in [7, 11) is 0. The van der Waals surface area contributed by atoms with Gasteiger partial charge in [0.2, 0.25) is 0 Å². The first-order chi connectivity index (χ1) is 11.3. The molecule has 0 atom stereocenters. The lowest BCUT2D eigenvalue weighted by molar-refractivity contribution is -0.137. The lowest BCUT2D eigenvalue weighted by Gasteiger charge is -2.04. The molecule has 0 rings (SSSR count). The van der Waals surface area contributed by atoms with Gasteiger partial charge < -0.3 is 4.74 Å². The van der Waals surface area contributed by atoms with E-state index in [1.54, 1.807) is 6.08 Å². The maximum atomic E-state index is 11.1. The van der Waals surface area contributed by atoms with Crippen LogP contribution in [0.2, 0.25) is 0 Å². The monoisotopic (exact) mass is 324 g/mol. The molecule has 0 aromatic rings. The zero-order valence-corrected chi connectivity index (χ0v) is 15.8. The van der Waals surface area contributed by atoms with E-state index in [1.807, 2.05) is 6.92 Å². The van der Waals surface area contributed by atoms with Gasteiger partial charge in [-0.05, 0) is 13.3 Å². The Hall–Kier alpha value is -0.790. The van der Waals surface area contributed by atoms with Crippen LogP contribution in [0.25, 0.3) is 0 Å². The van der Waals surface area contributed by atoms with Crippen molar-refractivity contribution in [1.82, 2.24) is 0 Å². The average molecular weight is 325 g/mol. The topological polar surface area (TPSA) is 26.3 Å². The minimum absolute atomic E-state index is 0.210. The molecule has 0 heterocycles. The van der Waals surface area contributed by atoms with Crippen molar-refractivity contribution in [2.45, 2.75) is 110 Å². The summed E-state index contributed by atoms with van der Waals surface area (Å²) in [5.41, 5.74) is 0. The van der Waals surface area contributed by atoms with E-state index in [-0.39, 0.29) is 5.97 Å². The SMILES string of the molecule is C/C=C/C(=O)OCCCCCCCCCCCCCCCCC. The van der Waals surface area contributed by atoms with Gasteiger partial charge in [0.05, 0.1) is 6.61 Å². The lowest BCUT2D eigenvalue weighted by Crippen LogP contribution is -2.01. The van der Waals surface area contributed by atoms with Gasteiger partial charge in [-0.2, -0.15) is 0 Å². The van der Waals surface area contributed by atoms with Crippen molar-refractivity contribution in [3.63, 3.8) is 0 Å². The summed E-state index contributed by atoms with van der Waals surface area (Å²) in [5, 5.41) is 0. The van der Waals surface area contributed by atoms with Crippen molar-refractivity contribution >= 4 is 5.97 Å². The van der Waals surface area contributed by atoms with Crippen LogP contribution in [0.3, 0.4) is 0 Å². The highest BCUT2D eigenvalue weighted by Crippen LogP contribution is 2.13. The van der Waals surface area contributed by atoms with Gasteiger partial charge in [-0.1, -0.05) is 103 Å². The molecule has 0 aliphatic rings. The fraction of sp³-hybridized carbons (Fsp3) is 0.857. The highest BCUT2D eigenvalue weighted by atomic mass is 16.5. The van der Waals surface area contributed by atoms with Crippen molar-refractivity contribution in [3.8, 4) is 0 Å². The standard InChI is InChI=1S/C21H40O2/c1-3-5-6-7-8-9-10-11-12-13-14-15-16-17-18-20-23-21(22)19-4-2/h4,19H,3,5-18,20H2,1-2H3/b19-4+. The van der Waals surface area contributed by atoms with Gasteiger partial charge >= 0.3 is 5.97 Å². The van der Waals surface area contributed by atoms with E-state index in [0.29, 0.717) is 6.61 Å². The van der Waals surface area contributed by atoms with E-state index in [4.69, 9.17) is 4.74 Å². The van der Waals surface area contributed by atoms with Crippen LogP contribution in [0.15, 0.2) is 12.2 Å². The van der Waals surface area contributed by atoms with Crippen LogP contribution >= 0.6 is 0 Å². The second-order valence-electron chi connectivity index (χ2n) is 6.62. The lowest BCUT2D eigenvalue weighted by atomic mass is 10.0. The van der Waals surface area contributed by atoms with Crippen molar-refractivity contribution < 1.29 is 9.53 Å². The predicted octanol–water partition coefficient (Wildman–Crippen LogP) is 6.98. The third-order valence-corrected chi connectivity index (χ3v) is 4.29. The second-order valence-corrected chi connectivity index (χ2v) is 6.62. The Morgan fingerprint density at radius 2 is 1.09 bits per heavy atom.